The van der Waals surface area contributed by atoms with Crippen molar-refractivity contribution in [3.05, 3.63) is 29.6 Å². The maximum atomic E-state index is 13.6. The van der Waals surface area contributed by atoms with E-state index in [-0.39, 0.29) is 11.2 Å². The number of methoxy groups -OCH3 is 1. The molecule has 3 heteroatoms. The third-order valence-corrected chi connectivity index (χ3v) is 3.61. The average molecular weight is 261 g/mol. The van der Waals surface area contributed by atoms with Crippen molar-refractivity contribution in [1.82, 2.24) is 0 Å². The molecule has 1 aromatic rings. The summed E-state index contributed by atoms with van der Waals surface area (Å²) in [4.78, 5) is 0. The number of rotatable bonds is 3. The molecule has 0 amide bonds. The molecule has 0 heterocycles. The normalized spacial score (nSPS) is 11.5. The molecular weight excluding hydrogens is 247 g/mol. The Labute approximate surface area is 92.4 Å². The minimum Gasteiger partial charge on any atom is -0.496 e. The number of benzene rings is 1. The van der Waals surface area contributed by atoms with Crippen LogP contribution in [0.5, 0.6) is 5.75 Å². The van der Waals surface area contributed by atoms with Gasteiger partial charge in [0.05, 0.1) is 7.11 Å². The predicted octanol–water partition coefficient (Wildman–Crippen LogP) is 3.51. The molecule has 0 radical (unpaired) electrons. The van der Waals surface area contributed by atoms with E-state index in [2.05, 4.69) is 15.9 Å². The van der Waals surface area contributed by atoms with Crippen molar-refractivity contribution < 1.29 is 9.13 Å². The highest BCUT2D eigenvalue weighted by Gasteiger charge is 2.26. The highest BCUT2D eigenvalue weighted by atomic mass is 79.9. The van der Waals surface area contributed by atoms with Gasteiger partial charge in [-0.3, -0.25) is 0 Å². The van der Waals surface area contributed by atoms with E-state index >= 15 is 0 Å². The molecule has 0 spiro atoms. The van der Waals surface area contributed by atoms with Gasteiger partial charge in [-0.05, 0) is 12.1 Å². The Morgan fingerprint density at radius 1 is 1.43 bits per heavy atom. The van der Waals surface area contributed by atoms with Gasteiger partial charge in [-0.25, -0.2) is 4.39 Å². The molecule has 0 fully saturated rings. The lowest BCUT2D eigenvalue weighted by atomic mass is 9.86. The van der Waals surface area contributed by atoms with Crippen LogP contribution in [-0.4, -0.2) is 12.4 Å². The fraction of sp³-hybridized carbons (Fsp3) is 0.455. The average Bonchev–Trinajstić information content (AvgIpc) is 2.17. The molecule has 0 N–H and O–H groups in total. The van der Waals surface area contributed by atoms with Crippen LogP contribution in [0.3, 0.4) is 0 Å². The fourth-order valence-electron chi connectivity index (χ4n) is 1.40. The Kier molecular flexibility index (Phi) is 3.53. The first-order valence-corrected chi connectivity index (χ1v) is 5.54. The van der Waals surface area contributed by atoms with Crippen LogP contribution >= 0.6 is 15.9 Å². The lowest BCUT2D eigenvalue weighted by Crippen LogP contribution is -2.21. The van der Waals surface area contributed by atoms with Crippen molar-refractivity contribution in [2.45, 2.75) is 19.3 Å². The molecule has 0 aromatic heterocycles. The maximum Gasteiger partial charge on any atom is 0.130 e. The van der Waals surface area contributed by atoms with Gasteiger partial charge in [0.15, 0.2) is 0 Å². The molecule has 0 aliphatic carbocycles. The summed E-state index contributed by atoms with van der Waals surface area (Å²) in [5, 5.41) is 0.692. The highest BCUT2D eigenvalue weighted by molar-refractivity contribution is 9.09. The Balaban J connectivity index is 3.30. The molecular formula is C11H14BrFO. The summed E-state index contributed by atoms with van der Waals surface area (Å²) in [6, 6.07) is 4.90. The second kappa shape index (κ2) is 4.30. The first-order valence-electron chi connectivity index (χ1n) is 4.42. The van der Waals surface area contributed by atoms with Gasteiger partial charge in [-0.15, -0.1) is 0 Å². The van der Waals surface area contributed by atoms with Gasteiger partial charge < -0.3 is 4.74 Å². The Bertz CT molecular complexity index is 323. The number of alkyl halides is 1. The van der Waals surface area contributed by atoms with Crippen LogP contribution in [0.1, 0.15) is 19.4 Å². The quantitative estimate of drug-likeness (QED) is 0.756. The summed E-state index contributed by atoms with van der Waals surface area (Å²) >= 11 is 3.38. The topological polar surface area (TPSA) is 9.23 Å². The van der Waals surface area contributed by atoms with Crippen LogP contribution in [-0.2, 0) is 5.41 Å². The summed E-state index contributed by atoms with van der Waals surface area (Å²) in [5.41, 5.74) is 0.357. The van der Waals surface area contributed by atoms with E-state index in [9.17, 15) is 4.39 Å². The zero-order chi connectivity index (χ0) is 10.8. The summed E-state index contributed by atoms with van der Waals surface area (Å²) in [6.45, 7) is 3.95. The summed E-state index contributed by atoms with van der Waals surface area (Å²) in [6.07, 6.45) is 0. The molecule has 1 aromatic carbocycles. The van der Waals surface area contributed by atoms with E-state index in [0.717, 1.165) is 0 Å². The summed E-state index contributed by atoms with van der Waals surface area (Å²) in [7, 11) is 1.56. The van der Waals surface area contributed by atoms with Gasteiger partial charge in [-0.2, -0.15) is 0 Å². The van der Waals surface area contributed by atoms with Crippen molar-refractivity contribution in [2.75, 3.05) is 12.4 Å². The first-order chi connectivity index (χ1) is 6.53. The summed E-state index contributed by atoms with van der Waals surface area (Å²) < 4.78 is 18.8. The smallest absolute Gasteiger partial charge is 0.130 e. The molecule has 0 saturated carbocycles. The second-order valence-corrected chi connectivity index (χ2v) is 4.40. The van der Waals surface area contributed by atoms with Crippen LogP contribution in [0.2, 0.25) is 0 Å². The zero-order valence-electron chi connectivity index (χ0n) is 8.60. The van der Waals surface area contributed by atoms with Crippen LogP contribution in [0.4, 0.5) is 4.39 Å². The van der Waals surface area contributed by atoms with Crippen LogP contribution in [0.25, 0.3) is 0 Å². The molecule has 0 bridgehead atoms. The Morgan fingerprint density at radius 3 is 2.57 bits per heavy atom. The highest BCUT2D eigenvalue weighted by Crippen LogP contribution is 2.34. The third-order valence-electron chi connectivity index (χ3n) is 2.21. The van der Waals surface area contributed by atoms with Crippen LogP contribution < -0.4 is 4.74 Å². The van der Waals surface area contributed by atoms with Crippen molar-refractivity contribution in [3.8, 4) is 5.75 Å². The molecule has 0 aliphatic rings. The van der Waals surface area contributed by atoms with E-state index in [1.807, 2.05) is 13.8 Å². The minimum absolute atomic E-state index is 0.214. The molecule has 1 rings (SSSR count). The molecule has 14 heavy (non-hydrogen) atoms. The van der Waals surface area contributed by atoms with E-state index in [0.29, 0.717) is 16.6 Å². The van der Waals surface area contributed by atoms with Gasteiger partial charge in [-0.1, -0.05) is 35.8 Å². The molecule has 0 saturated heterocycles. The number of halogens is 2. The molecule has 78 valence electrons. The second-order valence-electron chi connectivity index (χ2n) is 3.83. The van der Waals surface area contributed by atoms with Gasteiger partial charge in [0.25, 0.3) is 0 Å². The third kappa shape index (κ3) is 2.08. The lowest BCUT2D eigenvalue weighted by molar-refractivity contribution is 0.389. The van der Waals surface area contributed by atoms with Crippen molar-refractivity contribution in [1.29, 1.82) is 0 Å². The first kappa shape index (κ1) is 11.5. The van der Waals surface area contributed by atoms with Crippen LogP contribution in [0.15, 0.2) is 18.2 Å². The Hall–Kier alpha value is -0.570. The maximum absolute atomic E-state index is 13.6. The standard InChI is InChI=1S/C11H14BrFO/c1-11(2,7-12)10-8(13)5-4-6-9(10)14-3/h4-6H,7H2,1-3H3. The molecule has 0 aliphatic heterocycles. The Morgan fingerprint density at radius 2 is 2.07 bits per heavy atom. The van der Waals surface area contributed by atoms with Crippen molar-refractivity contribution in [3.63, 3.8) is 0 Å². The largest absolute Gasteiger partial charge is 0.496 e. The number of hydrogen-bond acceptors (Lipinski definition) is 1. The fourth-order valence-corrected chi connectivity index (χ4v) is 1.68. The van der Waals surface area contributed by atoms with Crippen molar-refractivity contribution >= 4 is 15.9 Å². The van der Waals surface area contributed by atoms with Gasteiger partial charge in [0.1, 0.15) is 11.6 Å². The van der Waals surface area contributed by atoms with E-state index in [1.54, 1.807) is 19.2 Å². The monoisotopic (exact) mass is 260 g/mol. The predicted molar refractivity (Wildman–Crippen MR) is 59.8 cm³/mol. The van der Waals surface area contributed by atoms with Gasteiger partial charge in [0.2, 0.25) is 0 Å². The molecule has 0 unspecified atom stereocenters. The molecule has 0 atom stereocenters. The lowest BCUT2D eigenvalue weighted by Gasteiger charge is -2.25. The van der Waals surface area contributed by atoms with Crippen LogP contribution in [0, 0.1) is 5.82 Å². The number of hydrogen-bond donors (Lipinski definition) is 0. The van der Waals surface area contributed by atoms with Gasteiger partial charge >= 0.3 is 0 Å². The van der Waals surface area contributed by atoms with Gasteiger partial charge in [0, 0.05) is 16.3 Å². The number of ether oxygens (including phenoxy) is 1. The van der Waals surface area contributed by atoms with E-state index in [4.69, 9.17) is 4.74 Å². The minimum atomic E-state index is -0.267. The zero-order valence-corrected chi connectivity index (χ0v) is 10.2. The summed E-state index contributed by atoms with van der Waals surface area (Å²) in [5.74, 6) is 0.392. The van der Waals surface area contributed by atoms with E-state index in [1.165, 1.54) is 6.07 Å². The van der Waals surface area contributed by atoms with Crippen molar-refractivity contribution in [2.24, 2.45) is 0 Å². The van der Waals surface area contributed by atoms with E-state index < -0.39 is 0 Å². The SMILES string of the molecule is COc1cccc(F)c1C(C)(C)CBr. The molecule has 1 nitrogen and oxygen atoms in total.